The Kier molecular flexibility index (Phi) is 6.65. The smallest absolute Gasteiger partial charge is 0.326 e. The molecule has 0 radical (unpaired) electrons. The summed E-state index contributed by atoms with van der Waals surface area (Å²) in [5.74, 6) is -2.06. The number of nitro benzene ring substituents is 1. The number of nitrogens with one attached hydrogen (secondary N) is 1. The number of hydrogen-bond acceptors (Lipinski definition) is 5. The molecule has 0 aromatic heterocycles. The highest BCUT2D eigenvalue weighted by molar-refractivity contribution is 5.86. The summed E-state index contributed by atoms with van der Waals surface area (Å²) in [7, 11) is 0. The van der Waals surface area contributed by atoms with Crippen molar-refractivity contribution < 1.29 is 24.7 Å². The number of carbonyl (C=O) groups excluding carboxylic acids is 1. The van der Waals surface area contributed by atoms with Gasteiger partial charge in [0.15, 0.2) is 0 Å². The van der Waals surface area contributed by atoms with E-state index in [0.717, 1.165) is 0 Å². The fraction of sp³-hybridized carbons (Fsp3) is 0.467. The first-order chi connectivity index (χ1) is 10.7. The van der Waals surface area contributed by atoms with Crippen LogP contribution in [0.4, 0.5) is 5.69 Å². The number of aliphatic hydroxyl groups excluding tert-OH is 1. The first-order valence-electron chi connectivity index (χ1n) is 7.16. The summed E-state index contributed by atoms with van der Waals surface area (Å²) < 4.78 is 0. The summed E-state index contributed by atoms with van der Waals surface area (Å²) in [6, 6.07) is 4.37. The highest BCUT2D eigenvalue weighted by Crippen LogP contribution is 2.19. The van der Waals surface area contributed by atoms with E-state index in [1.165, 1.54) is 18.2 Å². The van der Waals surface area contributed by atoms with Crippen molar-refractivity contribution in [2.24, 2.45) is 5.92 Å². The Labute approximate surface area is 133 Å². The van der Waals surface area contributed by atoms with Crippen LogP contribution < -0.4 is 5.32 Å². The van der Waals surface area contributed by atoms with E-state index in [4.69, 9.17) is 0 Å². The van der Waals surface area contributed by atoms with E-state index in [0.29, 0.717) is 0 Å². The molecule has 1 aromatic carbocycles. The van der Waals surface area contributed by atoms with Crippen LogP contribution in [0.15, 0.2) is 24.3 Å². The number of para-hydroxylation sites is 1. The predicted octanol–water partition coefficient (Wildman–Crippen LogP) is 1.11. The van der Waals surface area contributed by atoms with E-state index >= 15 is 0 Å². The molecule has 1 aromatic rings. The number of benzene rings is 1. The molecule has 126 valence electrons. The lowest BCUT2D eigenvalue weighted by Crippen LogP contribution is -2.47. The molecule has 0 unspecified atom stereocenters. The molecule has 0 saturated heterocycles. The second-order valence-corrected chi connectivity index (χ2v) is 5.63. The van der Waals surface area contributed by atoms with Gasteiger partial charge in [0.25, 0.3) is 5.69 Å². The molecule has 1 rings (SSSR count). The van der Waals surface area contributed by atoms with Crippen LogP contribution in [0.2, 0.25) is 0 Å². The van der Waals surface area contributed by atoms with E-state index in [-0.39, 0.29) is 30.0 Å². The maximum atomic E-state index is 11.8. The zero-order valence-corrected chi connectivity index (χ0v) is 12.9. The number of carboxylic acids is 1. The van der Waals surface area contributed by atoms with Crippen molar-refractivity contribution in [3.8, 4) is 0 Å². The van der Waals surface area contributed by atoms with E-state index in [1.807, 2.05) is 13.8 Å². The standard InChI is InChI=1S/C15H20N2O6/c1-9(2)7-13(18)14(19)16-11(15(20)21)8-10-5-3-4-6-12(10)17(22)23/h3-6,9,11,13,18H,7-8H2,1-2H3,(H,16,19)(H,20,21)/t11-,13-/m1/s1. The zero-order valence-electron chi connectivity index (χ0n) is 12.9. The predicted molar refractivity (Wildman–Crippen MR) is 81.8 cm³/mol. The average Bonchev–Trinajstić information content (AvgIpc) is 2.45. The molecule has 0 heterocycles. The third-order valence-corrected chi connectivity index (χ3v) is 3.22. The van der Waals surface area contributed by atoms with Crippen LogP contribution >= 0.6 is 0 Å². The Hall–Kier alpha value is -2.48. The van der Waals surface area contributed by atoms with Crippen molar-refractivity contribution in [2.75, 3.05) is 0 Å². The topological polar surface area (TPSA) is 130 Å². The minimum Gasteiger partial charge on any atom is -0.480 e. The highest BCUT2D eigenvalue weighted by atomic mass is 16.6. The molecular formula is C15H20N2O6. The van der Waals surface area contributed by atoms with Crippen molar-refractivity contribution in [1.29, 1.82) is 0 Å². The van der Waals surface area contributed by atoms with Gasteiger partial charge in [-0.2, -0.15) is 0 Å². The summed E-state index contributed by atoms with van der Waals surface area (Å²) >= 11 is 0. The van der Waals surface area contributed by atoms with Gasteiger partial charge in [0.05, 0.1) is 4.92 Å². The van der Waals surface area contributed by atoms with E-state index in [2.05, 4.69) is 5.32 Å². The van der Waals surface area contributed by atoms with Gasteiger partial charge in [-0.15, -0.1) is 0 Å². The van der Waals surface area contributed by atoms with E-state index in [1.54, 1.807) is 6.07 Å². The summed E-state index contributed by atoms with van der Waals surface area (Å²) in [5.41, 5.74) is -0.0146. The number of rotatable bonds is 8. The largest absolute Gasteiger partial charge is 0.480 e. The Bertz CT molecular complexity index is 587. The van der Waals surface area contributed by atoms with Gasteiger partial charge in [0.1, 0.15) is 12.1 Å². The number of nitro groups is 1. The van der Waals surface area contributed by atoms with Crippen LogP contribution in [0, 0.1) is 16.0 Å². The molecule has 0 fully saturated rings. The van der Waals surface area contributed by atoms with Gasteiger partial charge in [-0.3, -0.25) is 14.9 Å². The van der Waals surface area contributed by atoms with Crippen LogP contribution in [0.3, 0.4) is 0 Å². The summed E-state index contributed by atoms with van der Waals surface area (Å²) in [4.78, 5) is 33.5. The molecule has 3 N–H and O–H groups in total. The normalized spacial score (nSPS) is 13.4. The highest BCUT2D eigenvalue weighted by Gasteiger charge is 2.27. The molecule has 1 amide bonds. The fourth-order valence-electron chi connectivity index (χ4n) is 2.10. The van der Waals surface area contributed by atoms with Gasteiger partial charge in [0.2, 0.25) is 5.91 Å². The maximum absolute atomic E-state index is 11.8. The lowest BCUT2D eigenvalue weighted by molar-refractivity contribution is -0.385. The minimum absolute atomic E-state index is 0.0641. The van der Waals surface area contributed by atoms with Crippen molar-refractivity contribution in [3.63, 3.8) is 0 Å². The second-order valence-electron chi connectivity index (χ2n) is 5.63. The van der Waals surface area contributed by atoms with E-state index in [9.17, 15) is 29.9 Å². The van der Waals surface area contributed by atoms with Crippen molar-refractivity contribution in [1.82, 2.24) is 5.32 Å². The molecule has 0 bridgehead atoms. The third kappa shape index (κ3) is 5.67. The Morgan fingerprint density at radius 1 is 1.30 bits per heavy atom. The number of hydrogen-bond donors (Lipinski definition) is 3. The zero-order chi connectivity index (χ0) is 17.6. The molecule has 8 heteroatoms. The van der Waals surface area contributed by atoms with Gasteiger partial charge in [-0.05, 0) is 12.3 Å². The molecule has 0 spiro atoms. The van der Waals surface area contributed by atoms with Crippen LogP contribution in [-0.2, 0) is 16.0 Å². The molecule has 23 heavy (non-hydrogen) atoms. The first-order valence-corrected chi connectivity index (χ1v) is 7.16. The summed E-state index contributed by atoms with van der Waals surface area (Å²) in [6.45, 7) is 3.64. The molecule has 8 nitrogen and oxygen atoms in total. The monoisotopic (exact) mass is 324 g/mol. The Morgan fingerprint density at radius 2 is 1.91 bits per heavy atom. The molecule has 0 aliphatic carbocycles. The van der Waals surface area contributed by atoms with Gasteiger partial charge in [0, 0.05) is 18.1 Å². The second kappa shape index (κ2) is 8.23. The van der Waals surface area contributed by atoms with Gasteiger partial charge in [-0.25, -0.2) is 4.79 Å². The summed E-state index contributed by atoms with van der Waals surface area (Å²) in [6.07, 6.45) is -1.36. The van der Waals surface area contributed by atoms with Crippen molar-refractivity contribution >= 4 is 17.6 Å². The van der Waals surface area contributed by atoms with Crippen LogP contribution in [0.1, 0.15) is 25.8 Å². The molecule has 2 atom stereocenters. The fourth-order valence-corrected chi connectivity index (χ4v) is 2.10. The summed E-state index contributed by atoms with van der Waals surface area (Å²) in [5, 5.41) is 32.1. The Balaban J connectivity index is 2.87. The van der Waals surface area contributed by atoms with Crippen molar-refractivity contribution in [3.05, 3.63) is 39.9 Å². The molecule has 0 saturated carbocycles. The first kappa shape index (κ1) is 18.6. The molecule has 0 aliphatic heterocycles. The number of carbonyl (C=O) groups is 2. The van der Waals surface area contributed by atoms with Gasteiger partial charge in [-0.1, -0.05) is 32.0 Å². The molecule has 0 aliphatic rings. The van der Waals surface area contributed by atoms with Gasteiger partial charge < -0.3 is 15.5 Å². The number of nitrogens with zero attached hydrogens (tertiary/aromatic N) is 1. The van der Waals surface area contributed by atoms with E-state index < -0.39 is 28.9 Å². The quantitative estimate of drug-likeness (QED) is 0.485. The number of aliphatic carboxylic acids is 1. The molecular weight excluding hydrogens is 304 g/mol. The number of carboxylic acid groups (broad SMARTS) is 1. The van der Waals surface area contributed by atoms with Crippen LogP contribution in [0.5, 0.6) is 0 Å². The van der Waals surface area contributed by atoms with Crippen LogP contribution in [0.25, 0.3) is 0 Å². The lowest BCUT2D eigenvalue weighted by atomic mass is 10.0. The lowest BCUT2D eigenvalue weighted by Gasteiger charge is -2.18. The Morgan fingerprint density at radius 3 is 2.43 bits per heavy atom. The third-order valence-electron chi connectivity index (χ3n) is 3.22. The maximum Gasteiger partial charge on any atom is 0.326 e. The average molecular weight is 324 g/mol. The van der Waals surface area contributed by atoms with Crippen molar-refractivity contribution in [2.45, 2.75) is 38.8 Å². The minimum atomic E-state index is -1.36. The van der Waals surface area contributed by atoms with Crippen LogP contribution in [-0.4, -0.2) is 39.2 Å². The number of amides is 1. The van der Waals surface area contributed by atoms with Gasteiger partial charge >= 0.3 is 5.97 Å². The SMILES string of the molecule is CC(C)C[C@@H](O)C(=O)N[C@H](Cc1ccccc1[N+](=O)[O-])C(=O)O. The number of aliphatic hydroxyl groups is 1.